The summed E-state index contributed by atoms with van der Waals surface area (Å²) in [4.78, 5) is 0. The maximum atomic E-state index is 10.9. The summed E-state index contributed by atoms with van der Waals surface area (Å²) in [6.07, 6.45) is 10.9. The lowest BCUT2D eigenvalue weighted by Gasteiger charge is -2.04. The van der Waals surface area contributed by atoms with Crippen molar-refractivity contribution in [3.8, 4) is 11.1 Å². The van der Waals surface area contributed by atoms with E-state index in [0.717, 1.165) is 19.3 Å². The Hall–Kier alpha value is -1.78. The Kier molecular flexibility index (Phi) is 14.9. The number of benzene rings is 2. The molecule has 0 aliphatic rings. The number of hydrogen-bond acceptors (Lipinski definition) is 6. The molecular formula is C24H36O7S2. The molecule has 2 aromatic carbocycles. The van der Waals surface area contributed by atoms with E-state index in [0.29, 0.717) is 6.42 Å². The van der Waals surface area contributed by atoms with Gasteiger partial charge in [-0.05, 0) is 17.5 Å². The Labute approximate surface area is 199 Å². The van der Waals surface area contributed by atoms with Gasteiger partial charge >= 0.3 is 20.8 Å². The predicted molar refractivity (Wildman–Crippen MR) is 131 cm³/mol. The summed E-state index contributed by atoms with van der Waals surface area (Å²) in [7, 11) is -9.75. The number of unbranched alkanes of at least 4 members (excludes halogenated alkanes) is 9. The molecule has 0 aliphatic heterocycles. The average molecular weight is 501 g/mol. The molecule has 9 heteroatoms. The van der Waals surface area contributed by atoms with Crippen LogP contribution in [0.5, 0.6) is 0 Å². The summed E-state index contributed by atoms with van der Waals surface area (Å²) < 4.78 is 58.2. The Bertz CT molecular complexity index is 907. The van der Waals surface area contributed by atoms with Crippen LogP contribution in [0.25, 0.3) is 11.1 Å². The molecule has 0 aromatic heterocycles. The van der Waals surface area contributed by atoms with Gasteiger partial charge in [-0.25, -0.2) is 4.18 Å². The van der Waals surface area contributed by atoms with Crippen LogP contribution >= 0.6 is 0 Å². The van der Waals surface area contributed by atoms with Crippen LogP contribution in [0.4, 0.5) is 0 Å². The maximum Gasteiger partial charge on any atom is 0.416 e. The van der Waals surface area contributed by atoms with Crippen molar-refractivity contribution in [1.29, 1.82) is 0 Å². The third-order valence-corrected chi connectivity index (χ3v) is 6.59. The lowest BCUT2D eigenvalue weighted by Crippen LogP contribution is -2.15. The second kappa shape index (κ2) is 16.8. The molecule has 0 spiro atoms. The number of rotatable bonds is 15. The monoisotopic (exact) mass is 500 g/mol. The molecule has 186 valence electrons. The lowest BCUT2D eigenvalue weighted by molar-refractivity contribution is 0.258. The lowest BCUT2D eigenvalue weighted by atomic mass is 10.1. The Morgan fingerprint density at radius 2 is 1.03 bits per heavy atom. The molecule has 0 amide bonds. The fourth-order valence-corrected chi connectivity index (χ4v) is 4.46. The predicted octanol–water partition coefficient (Wildman–Crippen LogP) is 6.34. The Balaban J connectivity index is 0.000000377. The normalized spacial score (nSPS) is 11.6. The van der Waals surface area contributed by atoms with Gasteiger partial charge in [0.25, 0.3) is 0 Å². The fraction of sp³-hybridized carbons (Fsp3) is 0.500. The van der Waals surface area contributed by atoms with Crippen molar-refractivity contribution >= 4 is 20.8 Å². The van der Waals surface area contributed by atoms with Gasteiger partial charge in [0.1, 0.15) is 0 Å². The van der Waals surface area contributed by atoms with Gasteiger partial charge in [-0.3, -0.25) is 4.55 Å². The first-order valence-corrected chi connectivity index (χ1v) is 14.1. The molecule has 0 bridgehead atoms. The highest BCUT2D eigenvalue weighted by atomic mass is 32.3. The maximum absolute atomic E-state index is 10.9. The van der Waals surface area contributed by atoms with Gasteiger partial charge in [-0.1, -0.05) is 125 Å². The largest absolute Gasteiger partial charge is 0.416 e. The summed E-state index contributed by atoms with van der Waals surface area (Å²) in [5.41, 5.74) is 2.55. The zero-order valence-electron chi connectivity index (χ0n) is 19.3. The van der Waals surface area contributed by atoms with Crippen molar-refractivity contribution in [3.63, 3.8) is 0 Å². The summed E-state index contributed by atoms with van der Waals surface area (Å²) in [5.74, 6) is 0. The van der Waals surface area contributed by atoms with E-state index >= 15 is 0 Å². The zero-order valence-corrected chi connectivity index (χ0v) is 20.9. The van der Waals surface area contributed by atoms with E-state index in [9.17, 15) is 16.8 Å². The molecule has 0 radical (unpaired) electrons. The third kappa shape index (κ3) is 16.5. The molecule has 2 rings (SSSR count). The minimum Gasteiger partial charge on any atom is -0.263 e. The minimum absolute atomic E-state index is 0.158. The van der Waals surface area contributed by atoms with Crippen LogP contribution in [0.1, 0.15) is 71.1 Å². The number of hydrogen-bond donors (Lipinski definition) is 1. The first-order valence-electron chi connectivity index (χ1n) is 11.4. The van der Waals surface area contributed by atoms with Gasteiger partial charge in [-0.15, -0.1) is 3.63 Å². The van der Waals surface area contributed by atoms with Gasteiger partial charge in [0.2, 0.25) is 0 Å². The van der Waals surface area contributed by atoms with Gasteiger partial charge in [0.05, 0.1) is 6.61 Å². The SMILES string of the molecule is CCCCCCCCCCCCOS(=O)(=O)OS(=O)(=O)O.c1ccc(-c2ccccc2)cc1. The highest BCUT2D eigenvalue weighted by Gasteiger charge is 2.20. The average Bonchev–Trinajstić information content (AvgIpc) is 2.77. The van der Waals surface area contributed by atoms with E-state index < -0.39 is 20.8 Å². The molecular weight excluding hydrogens is 464 g/mol. The summed E-state index contributed by atoms with van der Waals surface area (Å²) in [6, 6.07) is 20.8. The highest BCUT2D eigenvalue weighted by molar-refractivity contribution is 7.94. The second-order valence-corrected chi connectivity index (χ2v) is 10.1. The van der Waals surface area contributed by atoms with Gasteiger partial charge in [0, 0.05) is 0 Å². The molecule has 0 saturated carbocycles. The van der Waals surface area contributed by atoms with Crippen LogP contribution in [0, 0.1) is 0 Å². The first-order chi connectivity index (χ1) is 15.7. The molecule has 0 aliphatic carbocycles. The molecule has 0 heterocycles. The minimum atomic E-state index is -5.06. The van der Waals surface area contributed by atoms with Gasteiger partial charge in [-0.2, -0.15) is 16.8 Å². The molecule has 0 saturated heterocycles. The van der Waals surface area contributed by atoms with Crippen molar-refractivity contribution in [2.24, 2.45) is 0 Å². The van der Waals surface area contributed by atoms with Crippen molar-refractivity contribution in [1.82, 2.24) is 0 Å². The first kappa shape index (κ1) is 29.3. The summed E-state index contributed by atoms with van der Waals surface area (Å²) in [6.45, 7) is 2.03. The third-order valence-electron chi connectivity index (χ3n) is 4.78. The molecule has 2 aromatic rings. The van der Waals surface area contributed by atoms with E-state index in [1.54, 1.807) is 0 Å². The molecule has 33 heavy (non-hydrogen) atoms. The zero-order chi connectivity index (χ0) is 24.4. The van der Waals surface area contributed by atoms with Crippen molar-refractivity contribution in [2.45, 2.75) is 71.1 Å². The summed E-state index contributed by atoms with van der Waals surface area (Å²) in [5, 5.41) is 0. The van der Waals surface area contributed by atoms with E-state index in [2.05, 4.69) is 63.3 Å². The van der Waals surface area contributed by atoms with Crippen LogP contribution in [0.3, 0.4) is 0 Å². The van der Waals surface area contributed by atoms with Crippen LogP contribution in [-0.2, 0) is 28.6 Å². The van der Waals surface area contributed by atoms with Gasteiger partial charge < -0.3 is 0 Å². The highest BCUT2D eigenvalue weighted by Crippen LogP contribution is 2.17. The molecule has 1 N–H and O–H groups in total. The smallest absolute Gasteiger partial charge is 0.263 e. The van der Waals surface area contributed by atoms with E-state index in [1.165, 1.54) is 49.7 Å². The van der Waals surface area contributed by atoms with Crippen molar-refractivity contribution in [3.05, 3.63) is 60.7 Å². The quantitative estimate of drug-likeness (QED) is 0.224. The van der Waals surface area contributed by atoms with E-state index in [4.69, 9.17) is 4.55 Å². The molecule has 7 nitrogen and oxygen atoms in total. The van der Waals surface area contributed by atoms with Crippen LogP contribution < -0.4 is 0 Å². The van der Waals surface area contributed by atoms with E-state index in [1.807, 2.05) is 12.1 Å². The van der Waals surface area contributed by atoms with Crippen molar-refractivity contribution < 1.29 is 29.2 Å². The van der Waals surface area contributed by atoms with Crippen molar-refractivity contribution in [2.75, 3.05) is 6.61 Å². The van der Waals surface area contributed by atoms with Gasteiger partial charge in [0.15, 0.2) is 0 Å². The summed E-state index contributed by atoms with van der Waals surface area (Å²) >= 11 is 0. The van der Waals surface area contributed by atoms with Crippen LogP contribution in [0.2, 0.25) is 0 Å². The Morgan fingerprint density at radius 1 is 0.636 bits per heavy atom. The Morgan fingerprint density at radius 3 is 1.42 bits per heavy atom. The van der Waals surface area contributed by atoms with E-state index in [-0.39, 0.29) is 6.61 Å². The molecule has 0 unspecified atom stereocenters. The topological polar surface area (TPSA) is 107 Å². The standard InChI is InChI=1S/C12H26O7S2.C12H10/c1-2-3-4-5-6-7-8-9-10-11-12-18-21(16,17)19-20(13,14)15;1-3-7-11(8-4-1)12-9-5-2-6-10-12/h2-12H2,1H3,(H,13,14,15);1-10H. The fourth-order valence-electron chi connectivity index (χ4n) is 3.14. The molecule has 0 atom stereocenters. The molecule has 0 fully saturated rings. The van der Waals surface area contributed by atoms with Crippen LogP contribution in [-0.4, -0.2) is 28.0 Å². The van der Waals surface area contributed by atoms with Crippen LogP contribution in [0.15, 0.2) is 60.7 Å². The second-order valence-electron chi connectivity index (χ2n) is 7.64.